The summed E-state index contributed by atoms with van der Waals surface area (Å²) in [6.45, 7) is 4.35. The maximum Gasteiger partial charge on any atom is 0.197 e. The molecule has 0 atom stereocenters. The Morgan fingerprint density at radius 1 is 0.415 bits per heavy atom. The number of benzene rings is 8. The summed E-state index contributed by atoms with van der Waals surface area (Å²) in [7, 11) is 0. The quantitative estimate of drug-likeness (QED) is 0.137. The predicted molar refractivity (Wildman–Crippen MR) is 218 cm³/mol. The molecule has 11 rings (SSSR count). The minimum atomic E-state index is -0.206. The molecule has 0 saturated carbocycles. The predicted octanol–water partition coefficient (Wildman–Crippen LogP) is 12.8. The highest BCUT2D eigenvalue weighted by Crippen LogP contribution is 2.57. The normalized spacial score (nSPS) is 13.1. The van der Waals surface area contributed by atoms with Gasteiger partial charge in [0, 0.05) is 28.2 Å². The Morgan fingerprint density at radius 3 is 1.42 bits per heavy atom. The third-order valence-electron chi connectivity index (χ3n) is 11.5. The van der Waals surface area contributed by atoms with Gasteiger partial charge in [0.05, 0.1) is 5.57 Å². The molecule has 0 radical (unpaired) electrons. The van der Waals surface area contributed by atoms with Gasteiger partial charge in [-0.1, -0.05) is 103 Å². The number of carbonyl (C=O) groups excluding carboxylic acids is 2. The molecular weight excluding hydrogens is 647 g/mol. The number of carbonyl (C=O) groups is 2. The highest BCUT2D eigenvalue weighted by atomic mass is 16.2. The standard InChI is InChI=1S/C50H31NO2/c1-28-9-3-7-13-45(28)51(46-14-8-4-10-29(46)2)33-16-18-35-37-19-21-38-40-23-30(15-17-34(40)36-20-22-39(41(35)27-33)48(37)47(36)38)24-44-49(52)42-25-31-11-5-6-12-32(31)26-43(42)50(44)53/h3-27H,1-2H3. The van der Waals surface area contributed by atoms with Crippen LogP contribution in [0.15, 0.2) is 151 Å². The molecule has 3 heteroatoms. The molecule has 0 amide bonds. The van der Waals surface area contributed by atoms with Gasteiger partial charge in [-0.3, -0.25) is 9.59 Å². The lowest BCUT2D eigenvalue weighted by Gasteiger charge is -2.29. The van der Waals surface area contributed by atoms with Gasteiger partial charge in [-0.25, -0.2) is 0 Å². The summed E-state index contributed by atoms with van der Waals surface area (Å²) in [5.74, 6) is -0.412. The van der Waals surface area contributed by atoms with Gasteiger partial charge < -0.3 is 4.90 Å². The third kappa shape index (κ3) is 4.16. The van der Waals surface area contributed by atoms with Gasteiger partial charge in [0.25, 0.3) is 0 Å². The van der Waals surface area contributed by atoms with Crippen LogP contribution in [0.1, 0.15) is 37.4 Å². The summed E-state index contributed by atoms with van der Waals surface area (Å²) in [5, 5.41) is 4.47. The summed E-state index contributed by atoms with van der Waals surface area (Å²) < 4.78 is 0. The van der Waals surface area contributed by atoms with Crippen LogP contribution in [0.3, 0.4) is 0 Å². The van der Waals surface area contributed by atoms with Crippen molar-refractivity contribution in [2.75, 3.05) is 4.90 Å². The van der Waals surface area contributed by atoms with Crippen LogP contribution in [0.5, 0.6) is 0 Å². The molecule has 0 spiro atoms. The summed E-state index contributed by atoms with van der Waals surface area (Å²) >= 11 is 0. The molecule has 3 aliphatic carbocycles. The fourth-order valence-electron chi connectivity index (χ4n) is 8.98. The van der Waals surface area contributed by atoms with Crippen LogP contribution in [-0.2, 0) is 0 Å². The van der Waals surface area contributed by atoms with Gasteiger partial charge in [0.15, 0.2) is 11.6 Å². The van der Waals surface area contributed by atoms with E-state index < -0.39 is 0 Å². The number of Topliss-reactive ketones (excluding diaryl/α,β-unsaturated/α-hetero) is 2. The average Bonchev–Trinajstić information content (AvgIpc) is 3.76. The van der Waals surface area contributed by atoms with E-state index in [4.69, 9.17) is 0 Å². The highest BCUT2D eigenvalue weighted by Gasteiger charge is 2.34. The monoisotopic (exact) mass is 677 g/mol. The van der Waals surface area contributed by atoms with E-state index in [-0.39, 0.29) is 17.1 Å². The van der Waals surface area contributed by atoms with Crippen molar-refractivity contribution in [2.45, 2.75) is 13.8 Å². The van der Waals surface area contributed by atoms with Crippen LogP contribution < -0.4 is 4.90 Å². The topological polar surface area (TPSA) is 37.4 Å². The zero-order chi connectivity index (χ0) is 35.5. The lowest BCUT2D eigenvalue weighted by atomic mass is 9.97. The molecule has 3 nitrogen and oxygen atoms in total. The molecule has 0 aromatic heterocycles. The zero-order valence-corrected chi connectivity index (χ0v) is 29.2. The fraction of sp³-hybridized carbons (Fsp3) is 0.0400. The van der Waals surface area contributed by atoms with E-state index in [0.717, 1.165) is 39.0 Å². The largest absolute Gasteiger partial charge is 0.310 e. The van der Waals surface area contributed by atoms with Crippen molar-refractivity contribution in [2.24, 2.45) is 0 Å². The van der Waals surface area contributed by atoms with Crippen molar-refractivity contribution in [3.8, 4) is 44.5 Å². The number of anilines is 3. The summed E-state index contributed by atoms with van der Waals surface area (Å²) in [6, 6.07) is 51.0. The summed E-state index contributed by atoms with van der Waals surface area (Å²) in [6.07, 6.45) is 1.78. The molecule has 0 unspecified atom stereocenters. The van der Waals surface area contributed by atoms with Gasteiger partial charge in [-0.05, 0) is 145 Å². The Balaban J connectivity index is 1.01. The second-order valence-electron chi connectivity index (χ2n) is 14.5. The molecular formula is C50H31NO2. The molecule has 8 aromatic carbocycles. The average molecular weight is 678 g/mol. The van der Waals surface area contributed by atoms with Crippen LogP contribution in [0.25, 0.3) is 72.1 Å². The molecule has 0 bridgehead atoms. The number of para-hydroxylation sites is 2. The number of allylic oxidation sites excluding steroid dienone is 1. The molecule has 248 valence electrons. The summed E-state index contributed by atoms with van der Waals surface area (Å²) in [5.41, 5.74) is 17.6. The highest BCUT2D eigenvalue weighted by molar-refractivity contribution is 6.42. The van der Waals surface area contributed by atoms with Crippen molar-refractivity contribution in [3.63, 3.8) is 0 Å². The maximum absolute atomic E-state index is 13.6. The maximum atomic E-state index is 13.6. The molecule has 3 aliphatic rings. The van der Waals surface area contributed by atoms with Crippen LogP contribution >= 0.6 is 0 Å². The van der Waals surface area contributed by atoms with Crippen molar-refractivity contribution < 1.29 is 9.59 Å². The number of fused-ring (bicyclic) bond motifs is 8. The first-order valence-corrected chi connectivity index (χ1v) is 18.1. The Hall–Kier alpha value is -6.84. The number of nitrogens with zero attached hydrogens (tertiary/aromatic N) is 1. The molecule has 0 aliphatic heterocycles. The Bertz CT molecular complexity index is 2920. The first-order chi connectivity index (χ1) is 25.9. The first-order valence-electron chi connectivity index (χ1n) is 18.1. The lowest BCUT2D eigenvalue weighted by Crippen LogP contribution is -2.12. The number of aryl methyl sites for hydroxylation is 2. The van der Waals surface area contributed by atoms with E-state index in [9.17, 15) is 9.59 Å². The van der Waals surface area contributed by atoms with Gasteiger partial charge >= 0.3 is 0 Å². The van der Waals surface area contributed by atoms with Crippen molar-refractivity contribution >= 4 is 56.2 Å². The minimum Gasteiger partial charge on any atom is -0.310 e. The first kappa shape index (κ1) is 29.8. The molecule has 53 heavy (non-hydrogen) atoms. The fourth-order valence-corrected chi connectivity index (χ4v) is 8.98. The Kier molecular flexibility index (Phi) is 6.10. The van der Waals surface area contributed by atoms with Gasteiger partial charge in [0.1, 0.15) is 0 Å². The van der Waals surface area contributed by atoms with Crippen LogP contribution in [0, 0.1) is 13.8 Å². The number of hydrogen-bond donors (Lipinski definition) is 0. The third-order valence-corrected chi connectivity index (χ3v) is 11.5. The van der Waals surface area contributed by atoms with Crippen LogP contribution in [0.4, 0.5) is 17.1 Å². The van der Waals surface area contributed by atoms with E-state index in [0.29, 0.717) is 11.1 Å². The smallest absolute Gasteiger partial charge is 0.197 e. The lowest BCUT2D eigenvalue weighted by molar-refractivity contribution is 0.0990. The van der Waals surface area contributed by atoms with Crippen molar-refractivity contribution in [1.29, 1.82) is 0 Å². The van der Waals surface area contributed by atoms with E-state index in [1.807, 2.05) is 42.5 Å². The molecule has 0 N–H and O–H groups in total. The molecule has 0 fully saturated rings. The minimum absolute atomic E-state index is 0.206. The number of rotatable bonds is 4. The van der Waals surface area contributed by atoms with Gasteiger partial charge in [-0.2, -0.15) is 0 Å². The van der Waals surface area contributed by atoms with Crippen LogP contribution in [0.2, 0.25) is 0 Å². The number of hydrogen-bond acceptors (Lipinski definition) is 3. The van der Waals surface area contributed by atoms with E-state index in [1.165, 1.54) is 60.8 Å². The molecule has 0 saturated heterocycles. The van der Waals surface area contributed by atoms with Crippen LogP contribution in [-0.4, -0.2) is 11.6 Å². The Labute approximate surface area is 307 Å². The van der Waals surface area contributed by atoms with Gasteiger partial charge in [0.2, 0.25) is 0 Å². The van der Waals surface area contributed by atoms with Gasteiger partial charge in [-0.15, -0.1) is 0 Å². The zero-order valence-electron chi connectivity index (χ0n) is 29.2. The SMILES string of the molecule is Cc1ccccc1N(c1ccc2c(c1)-c1ccc3c4c(ccc-2c14)-c1cc(C=C2C(=O)c4cc5ccccc5cc4C2=O)ccc1-3)c1ccccc1C. The van der Waals surface area contributed by atoms with Crippen molar-refractivity contribution in [3.05, 3.63) is 179 Å². The molecule has 8 aromatic rings. The second-order valence-corrected chi connectivity index (χ2v) is 14.5. The second kappa shape index (κ2) is 10.8. The Morgan fingerprint density at radius 2 is 0.868 bits per heavy atom. The number of ketones is 2. The summed E-state index contributed by atoms with van der Waals surface area (Å²) in [4.78, 5) is 29.5. The molecule has 0 heterocycles. The van der Waals surface area contributed by atoms with E-state index in [1.54, 1.807) is 6.08 Å². The van der Waals surface area contributed by atoms with E-state index in [2.05, 4.69) is 122 Å². The van der Waals surface area contributed by atoms with Crippen molar-refractivity contribution in [1.82, 2.24) is 0 Å². The van der Waals surface area contributed by atoms with E-state index >= 15 is 0 Å².